The Balaban J connectivity index is 1.80. The molecular weight excluding hydrogens is 288 g/mol. The second-order valence-electron chi connectivity index (χ2n) is 7.03. The predicted molar refractivity (Wildman–Crippen MR) is 91.9 cm³/mol. The van der Waals surface area contributed by atoms with Gasteiger partial charge < -0.3 is 5.32 Å². The maximum absolute atomic E-state index is 12.6. The van der Waals surface area contributed by atoms with Crippen LogP contribution in [0.4, 0.5) is 5.95 Å². The van der Waals surface area contributed by atoms with Crippen LogP contribution in [0.25, 0.3) is 11.0 Å². The lowest BCUT2D eigenvalue weighted by Crippen LogP contribution is -2.25. The van der Waals surface area contributed by atoms with Crippen LogP contribution in [0.1, 0.15) is 63.0 Å². The van der Waals surface area contributed by atoms with E-state index in [1.54, 1.807) is 6.07 Å². The molecule has 2 aliphatic rings. The Morgan fingerprint density at radius 3 is 2.57 bits per heavy atom. The Morgan fingerprint density at radius 2 is 1.83 bits per heavy atom. The van der Waals surface area contributed by atoms with Crippen LogP contribution >= 0.6 is 0 Å². The summed E-state index contributed by atoms with van der Waals surface area (Å²) in [6.07, 6.45) is 11.3. The summed E-state index contributed by atoms with van der Waals surface area (Å²) in [5.41, 5.74) is 1.84. The highest BCUT2D eigenvalue weighted by Crippen LogP contribution is 2.31. The zero-order valence-electron chi connectivity index (χ0n) is 13.7. The minimum atomic E-state index is 0.0763. The van der Waals surface area contributed by atoms with Gasteiger partial charge in [0.1, 0.15) is 5.65 Å². The van der Waals surface area contributed by atoms with E-state index in [1.165, 1.54) is 38.5 Å². The van der Waals surface area contributed by atoms with Crippen LogP contribution in [0, 0.1) is 6.92 Å². The van der Waals surface area contributed by atoms with E-state index in [1.807, 2.05) is 17.7 Å². The first-order valence-electron chi connectivity index (χ1n) is 8.88. The van der Waals surface area contributed by atoms with Gasteiger partial charge in [-0.05, 0) is 38.2 Å². The molecular formula is C18H24N4O. The van der Waals surface area contributed by atoms with Gasteiger partial charge in [0.2, 0.25) is 5.95 Å². The third-order valence-corrected chi connectivity index (χ3v) is 5.38. The maximum atomic E-state index is 12.6. The van der Waals surface area contributed by atoms with E-state index in [4.69, 9.17) is 4.98 Å². The molecule has 5 heteroatoms. The summed E-state index contributed by atoms with van der Waals surface area (Å²) in [5, 5.41) is 4.45. The van der Waals surface area contributed by atoms with Crippen molar-refractivity contribution in [1.29, 1.82) is 0 Å². The first kappa shape index (κ1) is 14.7. The number of fused-ring (bicyclic) bond motifs is 1. The fraction of sp³-hybridized carbons (Fsp3) is 0.611. The van der Waals surface area contributed by atoms with E-state index in [-0.39, 0.29) is 5.56 Å². The molecule has 5 nitrogen and oxygen atoms in total. The molecule has 23 heavy (non-hydrogen) atoms. The van der Waals surface area contributed by atoms with Gasteiger partial charge in [0.05, 0.1) is 0 Å². The fourth-order valence-electron chi connectivity index (χ4n) is 4.11. The number of aromatic nitrogens is 3. The third kappa shape index (κ3) is 2.73. The van der Waals surface area contributed by atoms with Gasteiger partial charge in [0.15, 0.2) is 0 Å². The minimum absolute atomic E-state index is 0.0763. The normalized spacial score (nSPS) is 19.7. The molecule has 0 saturated heterocycles. The van der Waals surface area contributed by atoms with Crippen molar-refractivity contribution < 1.29 is 0 Å². The molecule has 0 aromatic carbocycles. The number of nitrogens with zero attached hydrogens (tertiary/aromatic N) is 3. The number of aryl methyl sites for hydroxylation is 1. The van der Waals surface area contributed by atoms with Crippen LogP contribution in [0.5, 0.6) is 0 Å². The summed E-state index contributed by atoms with van der Waals surface area (Å²) >= 11 is 0. The standard InChI is InChI=1S/C18H24N4O/c1-12-10-16(23)22(14-8-4-5-9-14)17-15(12)11-19-18(21-17)20-13-6-2-3-7-13/h10-11,13-14H,2-9H2,1H3,(H,19,20,21). The van der Waals surface area contributed by atoms with Gasteiger partial charge in [0, 0.05) is 29.7 Å². The third-order valence-electron chi connectivity index (χ3n) is 5.38. The molecule has 2 saturated carbocycles. The van der Waals surface area contributed by atoms with Gasteiger partial charge in [-0.15, -0.1) is 0 Å². The first-order valence-corrected chi connectivity index (χ1v) is 8.88. The van der Waals surface area contributed by atoms with Crippen LogP contribution in [-0.2, 0) is 0 Å². The number of pyridine rings is 1. The van der Waals surface area contributed by atoms with Crippen molar-refractivity contribution in [3.05, 3.63) is 28.2 Å². The molecule has 0 bridgehead atoms. The fourth-order valence-corrected chi connectivity index (χ4v) is 4.11. The molecule has 2 aromatic rings. The highest BCUT2D eigenvalue weighted by Gasteiger charge is 2.22. The minimum Gasteiger partial charge on any atom is -0.351 e. The molecule has 0 aliphatic heterocycles. The molecule has 0 radical (unpaired) electrons. The second kappa shape index (κ2) is 5.95. The Bertz CT molecular complexity index is 770. The van der Waals surface area contributed by atoms with Crippen molar-refractivity contribution in [1.82, 2.24) is 14.5 Å². The van der Waals surface area contributed by atoms with Crippen molar-refractivity contribution in [3.63, 3.8) is 0 Å². The van der Waals surface area contributed by atoms with Gasteiger partial charge in [-0.2, -0.15) is 4.98 Å². The molecule has 2 aromatic heterocycles. The predicted octanol–water partition coefficient (Wildman–Crippen LogP) is 3.57. The lowest BCUT2D eigenvalue weighted by Gasteiger charge is -2.18. The largest absolute Gasteiger partial charge is 0.351 e. The van der Waals surface area contributed by atoms with Crippen LogP contribution in [0.15, 0.2) is 17.1 Å². The number of hydrogen-bond donors (Lipinski definition) is 1. The van der Waals surface area contributed by atoms with Crippen LogP contribution < -0.4 is 10.9 Å². The van der Waals surface area contributed by atoms with E-state index in [0.717, 1.165) is 29.4 Å². The van der Waals surface area contributed by atoms with E-state index in [0.29, 0.717) is 18.0 Å². The maximum Gasteiger partial charge on any atom is 0.252 e. The topological polar surface area (TPSA) is 59.8 Å². The number of rotatable bonds is 3. The monoisotopic (exact) mass is 312 g/mol. The number of nitrogens with one attached hydrogen (secondary N) is 1. The van der Waals surface area contributed by atoms with Crippen molar-refractivity contribution in [2.24, 2.45) is 0 Å². The van der Waals surface area contributed by atoms with Crippen molar-refractivity contribution in [2.75, 3.05) is 5.32 Å². The Hall–Kier alpha value is -1.91. The van der Waals surface area contributed by atoms with E-state index >= 15 is 0 Å². The van der Waals surface area contributed by atoms with E-state index in [9.17, 15) is 4.79 Å². The van der Waals surface area contributed by atoms with E-state index in [2.05, 4.69) is 10.3 Å². The summed E-state index contributed by atoms with van der Waals surface area (Å²) < 4.78 is 1.91. The van der Waals surface area contributed by atoms with Crippen molar-refractivity contribution in [3.8, 4) is 0 Å². The second-order valence-corrected chi connectivity index (χ2v) is 7.03. The van der Waals surface area contributed by atoms with Gasteiger partial charge in [-0.25, -0.2) is 4.98 Å². The summed E-state index contributed by atoms with van der Waals surface area (Å²) in [6.45, 7) is 1.97. The summed E-state index contributed by atoms with van der Waals surface area (Å²) in [7, 11) is 0. The number of anilines is 1. The average Bonchev–Trinajstić information content (AvgIpc) is 3.21. The van der Waals surface area contributed by atoms with Crippen LogP contribution in [-0.4, -0.2) is 20.6 Å². The highest BCUT2D eigenvalue weighted by molar-refractivity contribution is 5.79. The molecule has 2 heterocycles. The average molecular weight is 312 g/mol. The first-order chi connectivity index (χ1) is 11.2. The SMILES string of the molecule is Cc1cc(=O)n(C2CCCC2)c2nc(NC3CCCC3)ncc12. The highest BCUT2D eigenvalue weighted by atomic mass is 16.1. The molecule has 1 N–H and O–H groups in total. The van der Waals surface area contributed by atoms with Crippen molar-refractivity contribution >= 4 is 17.0 Å². The van der Waals surface area contributed by atoms with E-state index < -0.39 is 0 Å². The number of hydrogen-bond acceptors (Lipinski definition) is 4. The Morgan fingerprint density at radius 1 is 1.13 bits per heavy atom. The Kier molecular flexibility index (Phi) is 3.79. The lowest BCUT2D eigenvalue weighted by atomic mass is 10.1. The van der Waals surface area contributed by atoms with Gasteiger partial charge in [0.25, 0.3) is 5.56 Å². The molecule has 122 valence electrons. The molecule has 0 unspecified atom stereocenters. The molecule has 4 rings (SSSR count). The quantitative estimate of drug-likeness (QED) is 0.941. The summed E-state index contributed by atoms with van der Waals surface area (Å²) in [4.78, 5) is 21.8. The van der Waals surface area contributed by atoms with Crippen LogP contribution in [0.3, 0.4) is 0 Å². The molecule has 0 spiro atoms. The van der Waals surface area contributed by atoms with Gasteiger partial charge in [-0.1, -0.05) is 25.7 Å². The van der Waals surface area contributed by atoms with Gasteiger partial charge in [-0.3, -0.25) is 9.36 Å². The molecule has 0 amide bonds. The van der Waals surface area contributed by atoms with Gasteiger partial charge >= 0.3 is 0 Å². The zero-order chi connectivity index (χ0) is 15.8. The molecule has 0 atom stereocenters. The summed E-state index contributed by atoms with van der Waals surface area (Å²) in [6, 6.07) is 2.50. The Labute approximate surface area is 136 Å². The summed E-state index contributed by atoms with van der Waals surface area (Å²) in [5.74, 6) is 0.668. The molecule has 2 fully saturated rings. The molecule has 2 aliphatic carbocycles. The lowest BCUT2D eigenvalue weighted by molar-refractivity contribution is 0.515. The van der Waals surface area contributed by atoms with Crippen LogP contribution in [0.2, 0.25) is 0 Å². The zero-order valence-corrected chi connectivity index (χ0v) is 13.7. The smallest absolute Gasteiger partial charge is 0.252 e. The van der Waals surface area contributed by atoms with Crippen molar-refractivity contribution in [2.45, 2.75) is 70.4 Å².